The van der Waals surface area contributed by atoms with E-state index in [1.807, 2.05) is 23.1 Å². The number of anilines is 1. The van der Waals surface area contributed by atoms with Crippen LogP contribution in [0.2, 0.25) is 0 Å². The van der Waals surface area contributed by atoms with Gasteiger partial charge in [-0.1, -0.05) is 24.3 Å². The van der Waals surface area contributed by atoms with Gasteiger partial charge in [0.1, 0.15) is 0 Å². The highest BCUT2D eigenvalue weighted by molar-refractivity contribution is 6.03. The average Bonchev–Trinajstić information content (AvgIpc) is 2.98. The molecule has 8 nitrogen and oxygen atoms in total. The third-order valence-corrected chi connectivity index (χ3v) is 8.27. The summed E-state index contributed by atoms with van der Waals surface area (Å²) in [7, 11) is 0. The molecule has 2 amide bonds. The number of rotatable bonds is 5. The van der Waals surface area contributed by atoms with E-state index in [4.69, 9.17) is 4.74 Å². The summed E-state index contributed by atoms with van der Waals surface area (Å²) < 4.78 is 5.33. The Labute approximate surface area is 211 Å². The molecule has 2 atom stereocenters. The van der Waals surface area contributed by atoms with Crippen LogP contribution in [-0.4, -0.2) is 91.3 Å². The topological polar surface area (TPSA) is 85.3 Å². The van der Waals surface area contributed by atoms with Crippen LogP contribution in [0.3, 0.4) is 0 Å². The second-order valence-corrected chi connectivity index (χ2v) is 10.7. The van der Waals surface area contributed by atoms with Crippen LogP contribution < -0.4 is 10.2 Å². The van der Waals surface area contributed by atoms with Gasteiger partial charge < -0.3 is 29.9 Å². The number of fused-ring (bicyclic) bond motifs is 2. The van der Waals surface area contributed by atoms with Gasteiger partial charge in [0, 0.05) is 57.4 Å². The van der Waals surface area contributed by atoms with Crippen LogP contribution in [0.15, 0.2) is 42.5 Å². The first-order valence-corrected chi connectivity index (χ1v) is 13.0. The van der Waals surface area contributed by atoms with Crippen molar-refractivity contribution >= 4 is 17.5 Å². The number of hydrogen-bond donors (Lipinski definition) is 2. The molecule has 1 unspecified atom stereocenters. The molecule has 0 bridgehead atoms. The number of likely N-dealkylation sites (tertiary alicyclic amines) is 1. The van der Waals surface area contributed by atoms with Gasteiger partial charge in [-0.25, -0.2) is 0 Å². The summed E-state index contributed by atoms with van der Waals surface area (Å²) in [6, 6.07) is 13.6. The van der Waals surface area contributed by atoms with E-state index in [1.165, 1.54) is 11.1 Å². The molecule has 2 aromatic rings. The van der Waals surface area contributed by atoms with E-state index >= 15 is 0 Å². The summed E-state index contributed by atoms with van der Waals surface area (Å²) in [6.07, 6.45) is 0.0703. The molecule has 0 aromatic heterocycles. The lowest BCUT2D eigenvalue weighted by Gasteiger charge is -2.54. The van der Waals surface area contributed by atoms with Gasteiger partial charge in [-0.3, -0.25) is 9.59 Å². The van der Waals surface area contributed by atoms with E-state index in [1.54, 1.807) is 17.0 Å². The van der Waals surface area contributed by atoms with Gasteiger partial charge in [-0.2, -0.15) is 0 Å². The first-order chi connectivity index (χ1) is 17.5. The monoisotopic (exact) mass is 490 g/mol. The summed E-state index contributed by atoms with van der Waals surface area (Å²) in [5.74, 6) is -0.0799. The molecule has 0 radical (unpaired) electrons. The van der Waals surface area contributed by atoms with Crippen LogP contribution in [0.25, 0.3) is 0 Å². The third kappa shape index (κ3) is 4.07. The molecule has 6 rings (SSSR count). The van der Waals surface area contributed by atoms with E-state index in [0.29, 0.717) is 24.2 Å². The number of β-amino-alcohol motifs (C(OH)–C–C–N with tert-alkyl or cyclic N) is 1. The average molecular weight is 491 g/mol. The smallest absolute Gasteiger partial charge is 0.256 e. The number of carbonyl (C=O) groups excluding carboxylic acids is 2. The zero-order valence-corrected chi connectivity index (χ0v) is 20.8. The van der Waals surface area contributed by atoms with E-state index < -0.39 is 6.10 Å². The number of benzene rings is 2. The fourth-order valence-electron chi connectivity index (χ4n) is 6.01. The lowest BCUT2D eigenvalue weighted by molar-refractivity contribution is -0.176. The van der Waals surface area contributed by atoms with Crippen molar-refractivity contribution in [2.45, 2.75) is 32.0 Å². The number of aliphatic hydroxyl groups is 1. The van der Waals surface area contributed by atoms with Crippen LogP contribution in [0.1, 0.15) is 38.8 Å². The third-order valence-electron chi connectivity index (χ3n) is 8.27. The molecular formula is C28H34N4O4. The predicted molar refractivity (Wildman–Crippen MR) is 136 cm³/mol. The number of ether oxygens (including phenoxy) is 1. The number of aliphatic hydroxyl groups excluding tert-OH is 1. The van der Waals surface area contributed by atoms with Crippen molar-refractivity contribution in [2.24, 2.45) is 5.41 Å². The summed E-state index contributed by atoms with van der Waals surface area (Å²) >= 11 is 0. The Hall–Kier alpha value is -2.94. The Balaban J connectivity index is 1.17. The molecule has 8 heteroatoms. The Morgan fingerprint density at radius 2 is 1.89 bits per heavy atom. The van der Waals surface area contributed by atoms with Gasteiger partial charge in [0.05, 0.1) is 36.0 Å². The van der Waals surface area contributed by atoms with Crippen molar-refractivity contribution in [3.05, 3.63) is 64.7 Å². The fraction of sp³-hybridized carbons (Fsp3) is 0.500. The molecule has 190 valence electrons. The molecule has 2 saturated heterocycles. The minimum Gasteiger partial charge on any atom is -0.390 e. The number of nitrogens with one attached hydrogen (secondary N) is 1. The molecule has 4 aliphatic heterocycles. The van der Waals surface area contributed by atoms with Crippen LogP contribution >= 0.6 is 0 Å². The molecule has 1 spiro atoms. The van der Waals surface area contributed by atoms with E-state index in [2.05, 4.69) is 29.3 Å². The van der Waals surface area contributed by atoms with E-state index in [9.17, 15) is 14.7 Å². The molecule has 2 fully saturated rings. The van der Waals surface area contributed by atoms with Gasteiger partial charge in [0.15, 0.2) is 0 Å². The minimum absolute atomic E-state index is 0.0130. The van der Waals surface area contributed by atoms with Crippen molar-refractivity contribution in [1.29, 1.82) is 0 Å². The number of likely N-dealkylation sites (N-methyl/N-ethyl adjacent to an activating group) is 1. The summed E-state index contributed by atoms with van der Waals surface area (Å²) in [4.78, 5) is 32.5. The maximum absolute atomic E-state index is 13.6. The summed E-state index contributed by atoms with van der Waals surface area (Å²) in [6.45, 7) is 7.94. The molecule has 0 saturated carbocycles. The molecule has 2 N–H and O–H groups in total. The Kier molecular flexibility index (Phi) is 5.98. The Morgan fingerprint density at radius 1 is 1.14 bits per heavy atom. The second-order valence-electron chi connectivity index (χ2n) is 10.7. The van der Waals surface area contributed by atoms with Crippen LogP contribution in [0.5, 0.6) is 0 Å². The highest BCUT2D eigenvalue weighted by Gasteiger charge is 2.50. The van der Waals surface area contributed by atoms with Crippen LogP contribution in [0, 0.1) is 5.41 Å². The van der Waals surface area contributed by atoms with Crippen molar-refractivity contribution in [2.75, 3.05) is 57.4 Å². The lowest BCUT2D eigenvalue weighted by atomic mass is 9.78. The van der Waals surface area contributed by atoms with Crippen molar-refractivity contribution in [1.82, 2.24) is 15.1 Å². The molecular weight excluding hydrogens is 456 g/mol. The van der Waals surface area contributed by atoms with Gasteiger partial charge in [0.2, 0.25) is 0 Å². The second kappa shape index (κ2) is 9.18. The Morgan fingerprint density at radius 3 is 2.61 bits per heavy atom. The summed E-state index contributed by atoms with van der Waals surface area (Å²) in [5, 5.41) is 14.5. The standard InChI is InChI=1S/C28H34N4O4/c1-2-30-9-10-31(14-25(33)23-11-19-5-3-4-6-21(19)13-29-23)27(35)22-8-7-20(12-24(22)30)26(34)32-15-28(16-32)17-36-18-28/h3-8,12,23,25,29,33H,2,9-11,13-18H2,1H3/t23-,25?/m0/s1. The molecule has 36 heavy (non-hydrogen) atoms. The molecule has 4 aliphatic rings. The highest BCUT2D eigenvalue weighted by atomic mass is 16.5. The fourth-order valence-corrected chi connectivity index (χ4v) is 6.01. The largest absolute Gasteiger partial charge is 0.390 e. The minimum atomic E-state index is -0.672. The SMILES string of the molecule is CCN1CCN(CC(O)[C@@H]2Cc3ccccc3CN2)C(=O)c2ccc(C(=O)N3CC4(COC4)C3)cc21. The number of hydrogen-bond acceptors (Lipinski definition) is 6. The quantitative estimate of drug-likeness (QED) is 0.661. The summed E-state index contributed by atoms with van der Waals surface area (Å²) in [5.41, 5.74) is 4.70. The van der Waals surface area contributed by atoms with Crippen molar-refractivity contribution in [3.63, 3.8) is 0 Å². The van der Waals surface area contributed by atoms with Crippen molar-refractivity contribution < 1.29 is 19.4 Å². The van der Waals surface area contributed by atoms with Gasteiger partial charge >= 0.3 is 0 Å². The Bertz CT molecular complexity index is 1170. The first kappa shape index (κ1) is 23.5. The maximum Gasteiger partial charge on any atom is 0.256 e. The van der Waals surface area contributed by atoms with Gasteiger partial charge in [-0.15, -0.1) is 0 Å². The van der Waals surface area contributed by atoms with Gasteiger partial charge in [-0.05, 0) is 42.7 Å². The van der Waals surface area contributed by atoms with Crippen LogP contribution in [0.4, 0.5) is 5.69 Å². The molecule has 4 heterocycles. The predicted octanol–water partition coefficient (Wildman–Crippen LogP) is 1.52. The number of nitrogens with zero attached hydrogens (tertiary/aromatic N) is 3. The number of amides is 2. The highest BCUT2D eigenvalue weighted by Crippen LogP contribution is 2.38. The van der Waals surface area contributed by atoms with E-state index in [0.717, 1.165) is 51.5 Å². The normalized spacial score (nSPS) is 23.3. The van der Waals surface area contributed by atoms with Gasteiger partial charge in [0.25, 0.3) is 11.8 Å². The zero-order chi connectivity index (χ0) is 24.9. The van der Waals surface area contributed by atoms with E-state index in [-0.39, 0.29) is 29.8 Å². The van der Waals surface area contributed by atoms with Crippen LogP contribution in [-0.2, 0) is 17.7 Å². The maximum atomic E-state index is 13.6. The molecule has 2 aromatic carbocycles. The molecule has 0 aliphatic carbocycles. The lowest BCUT2D eigenvalue weighted by Crippen LogP contribution is -2.67. The zero-order valence-electron chi connectivity index (χ0n) is 20.8. The van der Waals surface area contributed by atoms with Crippen molar-refractivity contribution in [3.8, 4) is 0 Å². The first-order valence-electron chi connectivity index (χ1n) is 13.0. The number of carbonyl (C=O) groups is 2.